The van der Waals surface area contributed by atoms with Crippen LogP contribution in [-0.4, -0.2) is 23.4 Å². The van der Waals surface area contributed by atoms with Gasteiger partial charge in [-0.15, -0.1) is 0 Å². The highest BCUT2D eigenvalue weighted by molar-refractivity contribution is 9.09. The summed E-state index contributed by atoms with van der Waals surface area (Å²) in [6.45, 7) is 0.666. The summed E-state index contributed by atoms with van der Waals surface area (Å²) in [4.78, 5) is 9.50. The van der Waals surface area contributed by atoms with Gasteiger partial charge < -0.3 is 4.74 Å². The number of benzene rings is 1. The molecule has 7 heteroatoms. The first-order valence-electron chi connectivity index (χ1n) is 4.86. The quantitative estimate of drug-likeness (QED) is 0.602. The molecule has 0 saturated heterocycles. The second kappa shape index (κ2) is 5.93. The van der Waals surface area contributed by atoms with E-state index in [9.17, 15) is 18.0 Å². The minimum atomic E-state index is -4.40. The Bertz CT molecular complexity index is 448. The van der Waals surface area contributed by atoms with Gasteiger partial charge in [-0.25, -0.2) is 0 Å². The van der Waals surface area contributed by atoms with E-state index in [1.165, 1.54) is 25.1 Å². The lowest BCUT2D eigenvalue weighted by molar-refractivity contribution is -0.132. The predicted molar refractivity (Wildman–Crippen MR) is 65.7 cm³/mol. The number of alkyl halides is 4. The SMILES string of the molecule is CC(=O)c1cc(Cl)ccc1OCC(Br)C(F)(F)F. The van der Waals surface area contributed by atoms with Crippen molar-refractivity contribution in [1.82, 2.24) is 0 Å². The Labute approximate surface area is 115 Å². The van der Waals surface area contributed by atoms with Crippen LogP contribution in [-0.2, 0) is 0 Å². The minimum Gasteiger partial charge on any atom is -0.491 e. The third-order valence-corrected chi connectivity index (χ3v) is 3.08. The molecule has 0 saturated carbocycles. The molecule has 1 atom stereocenters. The molecule has 0 spiro atoms. The number of carbonyl (C=O) groups excluding carboxylic acids is 1. The smallest absolute Gasteiger partial charge is 0.404 e. The Kier molecular flexibility index (Phi) is 5.04. The molecular formula is C11H9BrClF3O2. The molecule has 1 unspecified atom stereocenters. The molecule has 0 aliphatic rings. The number of rotatable bonds is 4. The van der Waals surface area contributed by atoms with E-state index in [-0.39, 0.29) is 17.1 Å². The number of Topliss-reactive ketones (excluding diaryl/α,β-unsaturated/α-hetero) is 1. The second-order valence-corrected chi connectivity index (χ2v) is 5.06. The summed E-state index contributed by atoms with van der Waals surface area (Å²) in [5.41, 5.74) is 0.157. The predicted octanol–water partition coefficient (Wildman–Crippen LogP) is 4.25. The second-order valence-electron chi connectivity index (χ2n) is 3.52. The molecule has 0 aliphatic heterocycles. The van der Waals surface area contributed by atoms with Crippen LogP contribution in [0.3, 0.4) is 0 Å². The van der Waals surface area contributed by atoms with E-state index in [1.807, 2.05) is 0 Å². The standard InChI is InChI=1S/C11H9BrClF3O2/c1-6(17)8-4-7(13)2-3-9(8)18-5-10(12)11(14,15)16/h2-4,10H,5H2,1H3. The van der Waals surface area contributed by atoms with Gasteiger partial charge in [-0.2, -0.15) is 13.2 Å². The van der Waals surface area contributed by atoms with Crippen molar-refractivity contribution in [3.8, 4) is 5.75 Å². The van der Waals surface area contributed by atoms with Crippen LogP contribution < -0.4 is 4.74 Å². The van der Waals surface area contributed by atoms with Gasteiger partial charge in [0.15, 0.2) is 5.78 Å². The van der Waals surface area contributed by atoms with Crippen LogP contribution in [0, 0.1) is 0 Å². The van der Waals surface area contributed by atoms with Crippen molar-refractivity contribution in [3.63, 3.8) is 0 Å². The molecule has 18 heavy (non-hydrogen) atoms. The summed E-state index contributed by atoms with van der Waals surface area (Å²) in [5.74, 6) is -0.244. The molecule has 0 heterocycles. The highest BCUT2D eigenvalue weighted by Crippen LogP contribution is 2.29. The molecule has 1 aromatic rings. The fraction of sp³-hybridized carbons (Fsp3) is 0.364. The van der Waals surface area contributed by atoms with Crippen molar-refractivity contribution in [1.29, 1.82) is 0 Å². The first-order valence-corrected chi connectivity index (χ1v) is 6.15. The maximum absolute atomic E-state index is 12.3. The van der Waals surface area contributed by atoms with Gasteiger partial charge in [-0.1, -0.05) is 27.5 Å². The minimum absolute atomic E-state index is 0.0839. The van der Waals surface area contributed by atoms with Gasteiger partial charge in [0.1, 0.15) is 17.2 Å². The summed E-state index contributed by atoms with van der Waals surface area (Å²) >= 11 is 8.17. The third kappa shape index (κ3) is 4.17. The average molecular weight is 346 g/mol. The van der Waals surface area contributed by atoms with E-state index in [2.05, 4.69) is 15.9 Å². The molecular weight excluding hydrogens is 336 g/mol. The van der Waals surface area contributed by atoms with Gasteiger partial charge in [-0.05, 0) is 25.1 Å². The van der Waals surface area contributed by atoms with Gasteiger partial charge in [0.05, 0.1) is 5.56 Å². The Morgan fingerprint density at radius 2 is 2.11 bits per heavy atom. The Balaban J connectivity index is 2.82. The van der Waals surface area contributed by atoms with Gasteiger partial charge in [0.25, 0.3) is 0 Å². The first-order chi connectivity index (χ1) is 8.21. The van der Waals surface area contributed by atoms with Crippen molar-refractivity contribution in [3.05, 3.63) is 28.8 Å². The molecule has 0 aromatic heterocycles. The van der Waals surface area contributed by atoms with Gasteiger partial charge >= 0.3 is 6.18 Å². The van der Waals surface area contributed by atoms with E-state index in [0.717, 1.165) is 0 Å². The number of ketones is 1. The monoisotopic (exact) mass is 344 g/mol. The summed E-state index contributed by atoms with van der Waals surface area (Å²) < 4.78 is 41.8. The van der Waals surface area contributed by atoms with Crippen LogP contribution in [0.1, 0.15) is 17.3 Å². The molecule has 0 bridgehead atoms. The molecule has 1 aromatic carbocycles. The van der Waals surface area contributed by atoms with Gasteiger partial charge in [0, 0.05) is 5.02 Å². The highest BCUT2D eigenvalue weighted by atomic mass is 79.9. The van der Waals surface area contributed by atoms with Gasteiger partial charge in [0.2, 0.25) is 0 Å². The number of ether oxygens (including phenoxy) is 1. The number of hydrogen-bond acceptors (Lipinski definition) is 2. The lowest BCUT2D eigenvalue weighted by Gasteiger charge is -2.16. The molecule has 100 valence electrons. The molecule has 0 N–H and O–H groups in total. The van der Waals surface area contributed by atoms with Crippen molar-refractivity contribution in [2.45, 2.75) is 17.9 Å². The van der Waals surface area contributed by atoms with Crippen LogP contribution in [0.4, 0.5) is 13.2 Å². The zero-order valence-corrected chi connectivity index (χ0v) is 11.6. The number of hydrogen-bond donors (Lipinski definition) is 0. The van der Waals surface area contributed by atoms with E-state index < -0.39 is 17.6 Å². The molecule has 0 radical (unpaired) electrons. The fourth-order valence-corrected chi connectivity index (χ4v) is 1.46. The summed E-state index contributed by atoms with van der Waals surface area (Å²) in [6, 6.07) is 4.17. The van der Waals surface area contributed by atoms with Crippen LogP contribution >= 0.6 is 27.5 Å². The van der Waals surface area contributed by atoms with Crippen molar-refractivity contribution >= 4 is 33.3 Å². The largest absolute Gasteiger partial charge is 0.491 e. The topological polar surface area (TPSA) is 26.3 Å². The summed E-state index contributed by atoms with van der Waals surface area (Å²) in [5, 5.41) is 0.318. The molecule has 0 aliphatic carbocycles. The van der Waals surface area contributed by atoms with Crippen molar-refractivity contribution in [2.75, 3.05) is 6.61 Å². The normalized spacial score (nSPS) is 13.2. The van der Waals surface area contributed by atoms with E-state index in [1.54, 1.807) is 0 Å². The van der Waals surface area contributed by atoms with E-state index >= 15 is 0 Å². The average Bonchev–Trinajstić information content (AvgIpc) is 2.25. The Hall–Kier alpha value is -0.750. The summed E-state index contributed by atoms with van der Waals surface area (Å²) in [7, 11) is 0. The van der Waals surface area contributed by atoms with Gasteiger partial charge in [-0.3, -0.25) is 4.79 Å². The maximum Gasteiger partial charge on any atom is 0.404 e. The van der Waals surface area contributed by atoms with Crippen LogP contribution in [0.5, 0.6) is 5.75 Å². The third-order valence-electron chi connectivity index (χ3n) is 2.06. The lowest BCUT2D eigenvalue weighted by atomic mass is 10.1. The van der Waals surface area contributed by atoms with Crippen molar-refractivity contribution < 1.29 is 22.7 Å². The van der Waals surface area contributed by atoms with Crippen LogP contribution in [0.25, 0.3) is 0 Å². The van der Waals surface area contributed by atoms with Crippen LogP contribution in [0.15, 0.2) is 18.2 Å². The number of carbonyl (C=O) groups is 1. The molecule has 0 fully saturated rings. The van der Waals surface area contributed by atoms with E-state index in [0.29, 0.717) is 5.02 Å². The fourth-order valence-electron chi connectivity index (χ4n) is 1.16. The highest BCUT2D eigenvalue weighted by Gasteiger charge is 2.38. The van der Waals surface area contributed by atoms with Crippen LogP contribution in [0.2, 0.25) is 5.02 Å². The number of halogens is 5. The molecule has 0 amide bonds. The van der Waals surface area contributed by atoms with Crippen molar-refractivity contribution in [2.24, 2.45) is 0 Å². The zero-order chi connectivity index (χ0) is 13.9. The first kappa shape index (κ1) is 15.3. The molecule has 2 nitrogen and oxygen atoms in total. The van der Waals surface area contributed by atoms with E-state index in [4.69, 9.17) is 16.3 Å². The Morgan fingerprint density at radius 3 is 2.61 bits per heavy atom. The summed E-state index contributed by atoms with van der Waals surface area (Å²) in [6.07, 6.45) is -4.40. The lowest BCUT2D eigenvalue weighted by Crippen LogP contribution is -2.29. The maximum atomic E-state index is 12.3. The Morgan fingerprint density at radius 1 is 1.50 bits per heavy atom. The molecule has 1 rings (SSSR count). The zero-order valence-electron chi connectivity index (χ0n) is 9.22.